The summed E-state index contributed by atoms with van der Waals surface area (Å²) in [5.41, 5.74) is 4.37. The van der Waals surface area contributed by atoms with E-state index in [1.165, 1.54) is 0 Å². The Kier molecular flexibility index (Phi) is 6.93. The van der Waals surface area contributed by atoms with Crippen LogP contribution in [0, 0.1) is 0 Å². The Labute approximate surface area is 230 Å². The van der Waals surface area contributed by atoms with E-state index in [2.05, 4.69) is 15.3 Å². The van der Waals surface area contributed by atoms with E-state index >= 15 is 0 Å². The van der Waals surface area contributed by atoms with Crippen LogP contribution in [0.3, 0.4) is 0 Å². The van der Waals surface area contributed by atoms with E-state index < -0.39 is 12.1 Å². The fraction of sp³-hybridized carbons (Fsp3) is 0.0968. The maximum Gasteiger partial charge on any atom is 0.272 e. The summed E-state index contributed by atoms with van der Waals surface area (Å²) >= 11 is 1.65. The zero-order valence-corrected chi connectivity index (χ0v) is 21.8. The molecule has 0 saturated carbocycles. The Balaban J connectivity index is 1.36. The molecule has 2 aromatic heterocycles. The smallest absolute Gasteiger partial charge is 0.272 e. The number of carbonyl (C=O) groups excluding carboxylic acids is 2. The Hall–Kier alpha value is -4.69. The van der Waals surface area contributed by atoms with Gasteiger partial charge in [-0.3, -0.25) is 14.6 Å². The third-order valence-electron chi connectivity index (χ3n) is 6.53. The molecule has 5 aromatic rings. The quantitative estimate of drug-likeness (QED) is 0.279. The van der Waals surface area contributed by atoms with Crippen LogP contribution in [0.4, 0.5) is 5.69 Å². The molecule has 2 amide bonds. The van der Waals surface area contributed by atoms with E-state index in [1.54, 1.807) is 35.1 Å². The summed E-state index contributed by atoms with van der Waals surface area (Å²) in [5, 5.41) is 3.82. The van der Waals surface area contributed by atoms with Crippen molar-refractivity contribution in [3.05, 3.63) is 126 Å². The van der Waals surface area contributed by atoms with Crippen molar-refractivity contribution in [2.24, 2.45) is 4.99 Å². The van der Waals surface area contributed by atoms with Crippen molar-refractivity contribution in [3.8, 4) is 0 Å². The first kappa shape index (κ1) is 24.6. The minimum atomic E-state index is -1.10. The van der Waals surface area contributed by atoms with Crippen LogP contribution in [0.5, 0.6) is 0 Å². The molecule has 0 aliphatic carbocycles. The average molecular weight is 532 g/mol. The highest BCUT2D eigenvalue weighted by Crippen LogP contribution is 2.29. The van der Waals surface area contributed by atoms with Crippen molar-refractivity contribution in [2.75, 3.05) is 17.2 Å². The first-order valence-corrected chi connectivity index (χ1v) is 13.6. The Bertz CT molecular complexity index is 1630. The highest BCUT2D eigenvalue weighted by Gasteiger charge is 2.33. The molecule has 0 radical (unpaired) electrons. The lowest BCUT2D eigenvalue weighted by molar-refractivity contribution is -0.120. The van der Waals surface area contributed by atoms with Crippen LogP contribution in [-0.2, 0) is 4.79 Å². The van der Waals surface area contributed by atoms with Gasteiger partial charge in [-0.25, -0.2) is 4.99 Å². The number of H-pyrrole nitrogens is 1. The predicted octanol–water partition coefficient (Wildman–Crippen LogP) is 5.30. The number of aromatic nitrogens is 2. The molecule has 2 N–H and O–H groups in total. The molecule has 1 aliphatic rings. The number of benzene rings is 3. The number of aliphatic imine (C=N–C) groups is 1. The van der Waals surface area contributed by atoms with Gasteiger partial charge < -0.3 is 15.2 Å². The van der Waals surface area contributed by atoms with Gasteiger partial charge in [0.15, 0.2) is 0 Å². The molecule has 3 aromatic carbocycles. The minimum Gasteiger partial charge on any atom is -0.351 e. The normalized spacial score (nSPS) is 15.0. The number of anilines is 1. The van der Waals surface area contributed by atoms with Gasteiger partial charge in [-0.05, 0) is 30.3 Å². The summed E-state index contributed by atoms with van der Waals surface area (Å²) < 4.78 is 0. The predicted molar refractivity (Wildman–Crippen MR) is 155 cm³/mol. The first-order valence-electron chi connectivity index (χ1n) is 12.6. The molecule has 6 rings (SSSR count). The lowest BCUT2D eigenvalue weighted by atomic mass is 10.0. The van der Waals surface area contributed by atoms with Gasteiger partial charge in [-0.15, -0.1) is 11.8 Å². The van der Waals surface area contributed by atoms with Gasteiger partial charge in [0, 0.05) is 51.6 Å². The van der Waals surface area contributed by atoms with Crippen LogP contribution in [0.2, 0.25) is 0 Å². The fourth-order valence-electron chi connectivity index (χ4n) is 4.67. The van der Waals surface area contributed by atoms with E-state index in [0.29, 0.717) is 23.7 Å². The number of amides is 2. The molecule has 0 saturated heterocycles. The molecule has 39 heavy (non-hydrogen) atoms. The van der Waals surface area contributed by atoms with Crippen molar-refractivity contribution in [2.45, 2.75) is 11.1 Å². The van der Waals surface area contributed by atoms with Crippen LogP contribution >= 0.6 is 11.8 Å². The second-order valence-corrected chi connectivity index (χ2v) is 10.2. The van der Waals surface area contributed by atoms with Crippen molar-refractivity contribution < 1.29 is 9.59 Å². The van der Waals surface area contributed by atoms with E-state index in [9.17, 15) is 9.59 Å². The number of carbonyl (C=O) groups is 2. The lowest BCUT2D eigenvalue weighted by Gasteiger charge is -2.25. The molecule has 1 atom stereocenters. The van der Waals surface area contributed by atoms with Crippen molar-refractivity contribution in [3.63, 3.8) is 0 Å². The summed E-state index contributed by atoms with van der Waals surface area (Å²) in [6.07, 6.45) is 2.41. The Morgan fingerprint density at radius 2 is 1.67 bits per heavy atom. The molecule has 7 nitrogen and oxygen atoms in total. The van der Waals surface area contributed by atoms with Gasteiger partial charge in [-0.2, -0.15) is 0 Å². The number of rotatable bonds is 7. The number of hydrogen-bond acceptors (Lipinski definition) is 5. The number of hydrogen-bond donors (Lipinski definition) is 2. The molecule has 0 fully saturated rings. The minimum absolute atomic E-state index is 0.284. The number of pyridine rings is 1. The van der Waals surface area contributed by atoms with Gasteiger partial charge in [0.2, 0.25) is 6.17 Å². The summed E-state index contributed by atoms with van der Waals surface area (Å²) in [7, 11) is 0. The van der Waals surface area contributed by atoms with Crippen molar-refractivity contribution in [1.82, 2.24) is 15.3 Å². The van der Waals surface area contributed by atoms with Gasteiger partial charge >= 0.3 is 0 Å². The van der Waals surface area contributed by atoms with Crippen LogP contribution in [0.25, 0.3) is 10.9 Å². The number of aromatic amines is 1. The number of nitrogens with zero attached hydrogens (tertiary/aromatic N) is 3. The standard InChI is InChI=1S/C31H25N5O2S/c37-30(26-20-22-10-4-6-12-25(22)33-26)35-29-31(38)36(18-19-39-23-14-16-32-17-15-23)27-13-7-5-11-24(27)28(34-29)21-8-2-1-3-9-21/h1-17,20,29,33H,18-19H2,(H,35,37)/t29-/m1/s1. The summed E-state index contributed by atoms with van der Waals surface area (Å²) in [5.74, 6) is -0.0149. The van der Waals surface area contributed by atoms with Crippen LogP contribution in [0.15, 0.2) is 119 Å². The Morgan fingerprint density at radius 1 is 0.923 bits per heavy atom. The third-order valence-corrected chi connectivity index (χ3v) is 7.52. The number of nitrogens with one attached hydrogen (secondary N) is 2. The molecular formula is C31H25N5O2S. The first-order chi connectivity index (χ1) is 19.2. The zero-order valence-electron chi connectivity index (χ0n) is 21.0. The number of para-hydroxylation sites is 2. The molecule has 1 aliphatic heterocycles. The van der Waals surface area contributed by atoms with E-state index in [4.69, 9.17) is 4.99 Å². The van der Waals surface area contributed by atoms with Crippen LogP contribution in [-0.4, -0.2) is 46.0 Å². The molecule has 192 valence electrons. The Morgan fingerprint density at radius 3 is 2.49 bits per heavy atom. The highest BCUT2D eigenvalue weighted by molar-refractivity contribution is 7.99. The number of thioether (sulfide) groups is 1. The van der Waals surface area contributed by atoms with Gasteiger partial charge in [0.05, 0.1) is 11.4 Å². The molecule has 0 spiro atoms. The molecule has 0 bridgehead atoms. The largest absolute Gasteiger partial charge is 0.351 e. The fourth-order valence-corrected chi connectivity index (χ4v) is 5.49. The molecule has 8 heteroatoms. The van der Waals surface area contributed by atoms with E-state index in [1.807, 2.05) is 91.0 Å². The lowest BCUT2D eigenvalue weighted by Crippen LogP contribution is -2.48. The SMILES string of the molecule is O=C(N[C@H]1N=C(c2ccccc2)c2ccccc2N(CCSc2ccncc2)C1=O)c1cc2ccccc2[nH]1. The average Bonchev–Trinajstić information content (AvgIpc) is 3.39. The second kappa shape index (κ2) is 11.0. The third kappa shape index (κ3) is 5.19. The maximum atomic E-state index is 14.0. The maximum absolute atomic E-state index is 14.0. The van der Waals surface area contributed by atoms with E-state index in [-0.39, 0.29) is 5.91 Å². The summed E-state index contributed by atoms with van der Waals surface area (Å²) in [6, 6.07) is 30.9. The monoisotopic (exact) mass is 531 g/mol. The second-order valence-electron chi connectivity index (χ2n) is 9.03. The molecular weight excluding hydrogens is 506 g/mol. The molecule has 3 heterocycles. The zero-order chi connectivity index (χ0) is 26.6. The molecule has 0 unspecified atom stereocenters. The number of benzodiazepines with no additional fused rings is 1. The van der Waals surface area contributed by atoms with Crippen molar-refractivity contribution in [1.29, 1.82) is 0 Å². The highest BCUT2D eigenvalue weighted by atomic mass is 32.2. The topological polar surface area (TPSA) is 90.4 Å². The van der Waals surface area contributed by atoms with Crippen LogP contribution in [0.1, 0.15) is 21.6 Å². The van der Waals surface area contributed by atoms with E-state index in [0.717, 1.165) is 32.6 Å². The summed E-state index contributed by atoms with van der Waals surface area (Å²) in [6.45, 7) is 0.444. The number of fused-ring (bicyclic) bond motifs is 2. The van der Waals surface area contributed by atoms with Gasteiger partial charge in [-0.1, -0.05) is 66.7 Å². The van der Waals surface area contributed by atoms with Gasteiger partial charge in [0.1, 0.15) is 5.69 Å². The van der Waals surface area contributed by atoms with Crippen molar-refractivity contribution >= 4 is 45.9 Å². The van der Waals surface area contributed by atoms with Gasteiger partial charge in [0.25, 0.3) is 11.8 Å². The van der Waals surface area contributed by atoms with Crippen LogP contribution < -0.4 is 10.2 Å². The summed E-state index contributed by atoms with van der Waals surface area (Å²) in [4.78, 5) is 42.3.